The Bertz CT molecular complexity index is 1610. The highest BCUT2D eigenvalue weighted by Gasteiger charge is 2.41. The molecule has 8 heteroatoms. The van der Waals surface area contributed by atoms with Crippen LogP contribution in [0, 0.1) is 0 Å². The zero-order valence-corrected chi connectivity index (χ0v) is 24.4. The Balaban J connectivity index is 1.30. The number of rotatable bonds is 10. The van der Waals surface area contributed by atoms with E-state index in [1.807, 2.05) is 48.8 Å². The lowest BCUT2D eigenvalue weighted by Crippen LogP contribution is -2.47. The van der Waals surface area contributed by atoms with Crippen LogP contribution in [-0.2, 0) is 17.8 Å². The van der Waals surface area contributed by atoms with Gasteiger partial charge in [-0.15, -0.1) is 0 Å². The van der Waals surface area contributed by atoms with Crippen molar-refractivity contribution in [3.05, 3.63) is 90.4 Å². The van der Waals surface area contributed by atoms with Gasteiger partial charge in [0.15, 0.2) is 5.69 Å². The topological polar surface area (TPSA) is 80.0 Å². The van der Waals surface area contributed by atoms with Gasteiger partial charge in [0.25, 0.3) is 0 Å². The molecule has 0 bridgehead atoms. The summed E-state index contributed by atoms with van der Waals surface area (Å²) in [4.78, 5) is 24.7. The van der Waals surface area contributed by atoms with E-state index in [9.17, 15) is 9.90 Å². The summed E-state index contributed by atoms with van der Waals surface area (Å²) in [6, 6.07) is 21.9. The predicted octanol–water partition coefficient (Wildman–Crippen LogP) is 6.23. The van der Waals surface area contributed by atoms with Gasteiger partial charge >= 0.3 is 5.97 Å². The number of aromatic nitrogens is 2. The van der Waals surface area contributed by atoms with Gasteiger partial charge in [0.1, 0.15) is 12.2 Å². The van der Waals surface area contributed by atoms with Gasteiger partial charge in [0.05, 0.1) is 37.8 Å². The normalized spacial score (nSPS) is 18.6. The quantitative estimate of drug-likeness (QED) is 0.231. The smallest absolute Gasteiger partial charge is 0.336 e. The number of imidazole rings is 1. The van der Waals surface area contributed by atoms with Gasteiger partial charge < -0.3 is 14.4 Å². The molecule has 0 saturated carbocycles. The molecule has 1 atom stereocenters. The van der Waals surface area contributed by atoms with E-state index in [2.05, 4.69) is 53.9 Å². The van der Waals surface area contributed by atoms with Crippen molar-refractivity contribution in [3.8, 4) is 22.4 Å². The van der Waals surface area contributed by atoms with Gasteiger partial charge in [-0.25, -0.2) is 14.3 Å². The first-order valence-corrected chi connectivity index (χ1v) is 14.8. The number of benzene rings is 3. The van der Waals surface area contributed by atoms with Crippen LogP contribution in [0.2, 0.25) is 0 Å². The van der Waals surface area contributed by atoms with Gasteiger partial charge in [-0.05, 0) is 23.6 Å². The molecule has 1 saturated heterocycles. The molecule has 0 amide bonds. The number of morpholine rings is 1. The maximum atomic E-state index is 12.3. The number of fused-ring (bicyclic) bond motifs is 1. The van der Waals surface area contributed by atoms with Crippen LogP contribution in [0.4, 0.5) is 11.4 Å². The molecule has 0 radical (unpaired) electrons. The van der Waals surface area contributed by atoms with E-state index >= 15 is 0 Å². The molecule has 42 heavy (non-hydrogen) atoms. The Morgan fingerprint density at radius 1 is 1.00 bits per heavy atom. The Labute approximate surface area is 247 Å². The third-order valence-corrected chi connectivity index (χ3v) is 8.42. The number of ether oxygens (including phenoxy) is 1. The van der Waals surface area contributed by atoms with Crippen LogP contribution in [0.5, 0.6) is 0 Å². The van der Waals surface area contributed by atoms with Crippen LogP contribution in [-0.4, -0.2) is 71.3 Å². The molecule has 1 aromatic heterocycles. The lowest BCUT2D eigenvalue weighted by atomic mass is 9.97. The highest BCUT2D eigenvalue weighted by molar-refractivity contribution is 6.05. The van der Waals surface area contributed by atoms with Crippen molar-refractivity contribution in [2.24, 2.45) is 4.99 Å². The summed E-state index contributed by atoms with van der Waals surface area (Å²) in [5, 5.41) is 10.1. The largest absolute Gasteiger partial charge is 0.478 e. The summed E-state index contributed by atoms with van der Waals surface area (Å²) in [7, 11) is 2.19. The van der Waals surface area contributed by atoms with Crippen molar-refractivity contribution in [3.63, 3.8) is 0 Å². The Morgan fingerprint density at radius 3 is 2.57 bits per heavy atom. The average molecular weight is 565 g/mol. The number of hydrogen-bond donors (Lipinski definition) is 1. The van der Waals surface area contributed by atoms with Crippen LogP contribution in [0.1, 0.15) is 35.7 Å². The molecule has 3 heterocycles. The van der Waals surface area contributed by atoms with E-state index in [0.717, 1.165) is 97.4 Å². The summed E-state index contributed by atoms with van der Waals surface area (Å²) in [6.45, 7) is 8.18. The minimum absolute atomic E-state index is 0.315. The van der Waals surface area contributed by atoms with Crippen molar-refractivity contribution in [2.45, 2.75) is 32.9 Å². The summed E-state index contributed by atoms with van der Waals surface area (Å²) >= 11 is 0. The fourth-order valence-corrected chi connectivity index (χ4v) is 6.14. The number of nitrogens with zero attached hydrogens (tertiary/aromatic N) is 5. The highest BCUT2D eigenvalue weighted by atomic mass is 16.5. The molecule has 0 spiro atoms. The van der Waals surface area contributed by atoms with Crippen molar-refractivity contribution in [1.29, 1.82) is 0 Å². The molecular formula is C34H38N5O3+. The minimum atomic E-state index is -0.922. The standard InChI is InChI=1S/C34H37N5O3/c1-3-8-32-36-33-28(30-22-38(24-35-30)16-15-37-17-19-42-20-18-37)11-7-12-31(33)39(32,2)23-25-13-14-27(29(21-25)34(40)41)26-9-5-4-6-10-26/h4-7,9-14,21-22,24H,3,8,15-20,23H2,1-2H3/p+1. The second kappa shape index (κ2) is 12.0. The Hall–Kier alpha value is -4.11. The van der Waals surface area contributed by atoms with Crippen molar-refractivity contribution in [1.82, 2.24) is 18.9 Å². The molecule has 216 valence electrons. The molecule has 3 aromatic carbocycles. The zero-order chi connectivity index (χ0) is 29.1. The van der Waals surface area contributed by atoms with Crippen LogP contribution in [0.3, 0.4) is 0 Å². The number of aromatic carboxylic acids is 1. The molecule has 2 aliphatic rings. The molecule has 2 aliphatic heterocycles. The second-order valence-corrected chi connectivity index (χ2v) is 11.3. The monoisotopic (exact) mass is 564 g/mol. The summed E-state index contributed by atoms with van der Waals surface area (Å²) < 4.78 is 8.15. The number of carbonyl (C=O) groups is 1. The molecule has 4 aromatic rings. The first-order chi connectivity index (χ1) is 20.5. The van der Waals surface area contributed by atoms with Crippen molar-refractivity contribution in [2.75, 3.05) is 39.9 Å². The number of amidine groups is 1. The lowest BCUT2D eigenvalue weighted by Gasteiger charge is -2.31. The second-order valence-electron chi connectivity index (χ2n) is 11.3. The van der Waals surface area contributed by atoms with Crippen molar-refractivity contribution < 1.29 is 14.6 Å². The van der Waals surface area contributed by atoms with Gasteiger partial charge in [-0.1, -0.05) is 61.5 Å². The van der Waals surface area contributed by atoms with E-state index < -0.39 is 5.97 Å². The first-order valence-electron chi connectivity index (χ1n) is 14.8. The first kappa shape index (κ1) is 28.0. The highest BCUT2D eigenvalue weighted by Crippen LogP contribution is 2.47. The van der Waals surface area contributed by atoms with Crippen molar-refractivity contribution >= 4 is 23.2 Å². The maximum absolute atomic E-state index is 12.3. The predicted molar refractivity (Wildman–Crippen MR) is 167 cm³/mol. The Morgan fingerprint density at radius 2 is 1.81 bits per heavy atom. The van der Waals surface area contributed by atoms with Crippen LogP contribution in [0.25, 0.3) is 22.4 Å². The van der Waals surface area contributed by atoms with Gasteiger partial charge in [-0.3, -0.25) is 4.90 Å². The molecule has 1 unspecified atom stereocenters. The van der Waals surface area contributed by atoms with E-state index in [-0.39, 0.29) is 0 Å². The Kier molecular flexibility index (Phi) is 8.02. The average Bonchev–Trinajstić information content (AvgIpc) is 3.60. The fraction of sp³-hybridized carbons (Fsp3) is 0.324. The zero-order valence-electron chi connectivity index (χ0n) is 24.4. The van der Waals surface area contributed by atoms with Gasteiger partial charge in [0.2, 0.25) is 5.84 Å². The summed E-state index contributed by atoms with van der Waals surface area (Å²) in [5.41, 5.74) is 6.92. The van der Waals surface area contributed by atoms with Crippen LogP contribution >= 0.6 is 0 Å². The number of para-hydroxylation sites is 1. The van der Waals surface area contributed by atoms with E-state index in [4.69, 9.17) is 14.7 Å². The van der Waals surface area contributed by atoms with Crippen LogP contribution in [0.15, 0.2) is 84.2 Å². The molecule has 6 rings (SSSR count). The lowest BCUT2D eigenvalue weighted by molar-refractivity contribution is 0.0364. The van der Waals surface area contributed by atoms with Gasteiger partial charge in [-0.2, -0.15) is 4.99 Å². The number of quaternary nitrogens is 1. The van der Waals surface area contributed by atoms with Crippen LogP contribution < -0.4 is 4.48 Å². The van der Waals surface area contributed by atoms with E-state index in [0.29, 0.717) is 16.6 Å². The van der Waals surface area contributed by atoms with E-state index in [1.165, 1.54) is 0 Å². The third-order valence-electron chi connectivity index (χ3n) is 8.42. The minimum Gasteiger partial charge on any atom is -0.478 e. The molecular weight excluding hydrogens is 526 g/mol. The molecule has 1 fully saturated rings. The fourth-order valence-electron chi connectivity index (χ4n) is 6.14. The van der Waals surface area contributed by atoms with Gasteiger partial charge in [0, 0.05) is 56.0 Å². The summed E-state index contributed by atoms with van der Waals surface area (Å²) in [6.07, 6.45) is 5.86. The third kappa shape index (κ3) is 5.53. The molecule has 0 aliphatic carbocycles. The number of carboxylic acid groups (broad SMARTS) is 1. The number of hydrogen-bond acceptors (Lipinski definition) is 5. The maximum Gasteiger partial charge on any atom is 0.336 e. The van der Waals surface area contributed by atoms with E-state index in [1.54, 1.807) is 0 Å². The molecule has 1 N–H and O–H groups in total. The number of carboxylic acids is 1. The SMILES string of the molecule is CCCC1=Nc2c(-c3cn(CCN4CCOCC4)cn3)cccc2[N+]1(C)Cc1ccc(-c2ccccc2)c(C(=O)O)c1. The molecule has 8 nitrogen and oxygen atoms in total. The number of aliphatic imine (C=N–C) groups is 1. The summed E-state index contributed by atoms with van der Waals surface area (Å²) in [5.74, 6) is 0.157.